The van der Waals surface area contributed by atoms with E-state index in [9.17, 15) is 4.79 Å². The molecule has 21 heavy (non-hydrogen) atoms. The predicted octanol–water partition coefficient (Wildman–Crippen LogP) is 2.26. The summed E-state index contributed by atoms with van der Waals surface area (Å²) in [5.74, 6) is 1.09. The summed E-state index contributed by atoms with van der Waals surface area (Å²) in [4.78, 5) is 16.6. The Morgan fingerprint density at radius 2 is 2.24 bits per heavy atom. The lowest BCUT2D eigenvalue weighted by Crippen LogP contribution is -2.29. The van der Waals surface area contributed by atoms with Crippen molar-refractivity contribution < 1.29 is 14.3 Å². The van der Waals surface area contributed by atoms with E-state index in [1.54, 1.807) is 12.3 Å². The molecule has 2 aromatic rings. The fourth-order valence-electron chi connectivity index (χ4n) is 2.41. The Morgan fingerprint density at radius 1 is 1.43 bits per heavy atom. The quantitative estimate of drug-likeness (QED) is 0.939. The second kappa shape index (κ2) is 5.44. The molecule has 1 amide bonds. The molecule has 0 bridgehead atoms. The van der Waals surface area contributed by atoms with Crippen LogP contribution in [0, 0.1) is 6.92 Å². The van der Waals surface area contributed by atoms with Crippen molar-refractivity contribution in [2.75, 3.05) is 13.7 Å². The molecule has 0 spiro atoms. The molecule has 1 aliphatic rings. The minimum absolute atomic E-state index is 0.146. The number of hydrogen-bond acceptors (Lipinski definition) is 4. The van der Waals surface area contributed by atoms with Crippen LogP contribution in [-0.4, -0.2) is 24.6 Å². The van der Waals surface area contributed by atoms with E-state index in [0.29, 0.717) is 17.9 Å². The summed E-state index contributed by atoms with van der Waals surface area (Å²) in [6, 6.07) is 9.28. The van der Waals surface area contributed by atoms with Gasteiger partial charge in [-0.2, -0.15) is 0 Å². The van der Waals surface area contributed by atoms with Crippen LogP contribution in [-0.2, 0) is 0 Å². The first-order valence-electron chi connectivity index (χ1n) is 6.72. The lowest BCUT2D eigenvalue weighted by atomic mass is 10.1. The average Bonchev–Trinajstić information content (AvgIpc) is 2.90. The van der Waals surface area contributed by atoms with Gasteiger partial charge in [-0.05, 0) is 19.1 Å². The summed E-state index contributed by atoms with van der Waals surface area (Å²) in [5.41, 5.74) is 2.24. The number of nitrogens with one attached hydrogen (secondary N) is 1. The zero-order chi connectivity index (χ0) is 14.8. The van der Waals surface area contributed by atoms with Gasteiger partial charge in [0, 0.05) is 11.3 Å². The zero-order valence-electron chi connectivity index (χ0n) is 11.9. The van der Waals surface area contributed by atoms with Crippen molar-refractivity contribution >= 4 is 5.91 Å². The maximum Gasteiger partial charge on any atom is 0.255 e. The van der Waals surface area contributed by atoms with Gasteiger partial charge >= 0.3 is 0 Å². The van der Waals surface area contributed by atoms with Gasteiger partial charge in [0.15, 0.2) is 0 Å². The number of aromatic nitrogens is 1. The molecule has 1 unspecified atom stereocenters. The van der Waals surface area contributed by atoms with Gasteiger partial charge in [-0.15, -0.1) is 0 Å². The summed E-state index contributed by atoms with van der Waals surface area (Å²) < 4.78 is 10.8. The van der Waals surface area contributed by atoms with Crippen molar-refractivity contribution in [3.63, 3.8) is 0 Å². The van der Waals surface area contributed by atoms with Crippen LogP contribution in [0.5, 0.6) is 11.5 Å². The molecule has 5 nitrogen and oxygen atoms in total. The van der Waals surface area contributed by atoms with Crippen molar-refractivity contribution in [1.82, 2.24) is 10.3 Å². The Kier molecular flexibility index (Phi) is 3.48. The van der Waals surface area contributed by atoms with Crippen LogP contribution in [0.3, 0.4) is 0 Å². The number of para-hydroxylation sites is 1. The summed E-state index contributed by atoms with van der Waals surface area (Å²) in [5, 5.41) is 2.98. The van der Waals surface area contributed by atoms with Crippen molar-refractivity contribution in [3.05, 3.63) is 53.3 Å². The van der Waals surface area contributed by atoms with Crippen molar-refractivity contribution in [1.29, 1.82) is 0 Å². The van der Waals surface area contributed by atoms with Crippen LogP contribution >= 0.6 is 0 Å². The highest BCUT2D eigenvalue weighted by Gasteiger charge is 2.26. The second-order valence-corrected chi connectivity index (χ2v) is 4.90. The van der Waals surface area contributed by atoms with Crippen molar-refractivity contribution in [2.24, 2.45) is 0 Å². The fraction of sp³-hybridized carbons (Fsp3) is 0.250. The molecule has 1 aromatic carbocycles. The number of ether oxygens (including phenoxy) is 2. The summed E-state index contributed by atoms with van der Waals surface area (Å²) in [6.45, 7) is 2.28. The summed E-state index contributed by atoms with van der Waals surface area (Å²) in [6.07, 6.45) is 1.56. The number of carbonyl (C=O) groups is 1. The Bertz CT molecular complexity index is 685. The van der Waals surface area contributed by atoms with Gasteiger partial charge < -0.3 is 14.8 Å². The molecule has 0 saturated carbocycles. The van der Waals surface area contributed by atoms with Gasteiger partial charge in [-0.1, -0.05) is 18.2 Å². The Balaban J connectivity index is 1.83. The van der Waals surface area contributed by atoms with Gasteiger partial charge in [0.2, 0.25) is 0 Å². The Morgan fingerprint density at radius 3 is 3.05 bits per heavy atom. The van der Waals surface area contributed by atoms with E-state index in [2.05, 4.69) is 10.3 Å². The maximum atomic E-state index is 12.5. The van der Waals surface area contributed by atoms with E-state index in [1.165, 1.54) is 7.11 Å². The van der Waals surface area contributed by atoms with Gasteiger partial charge in [0.1, 0.15) is 18.1 Å². The summed E-state index contributed by atoms with van der Waals surface area (Å²) in [7, 11) is 1.52. The number of fused-ring (bicyclic) bond motifs is 1. The van der Waals surface area contributed by atoms with Gasteiger partial charge in [0.05, 0.1) is 24.9 Å². The first-order valence-corrected chi connectivity index (χ1v) is 6.72. The summed E-state index contributed by atoms with van der Waals surface area (Å²) >= 11 is 0. The molecule has 0 saturated heterocycles. The molecule has 3 rings (SSSR count). The highest BCUT2D eigenvalue weighted by Crippen LogP contribution is 2.32. The molecule has 5 heteroatoms. The lowest BCUT2D eigenvalue weighted by Gasteiger charge is -2.14. The van der Waals surface area contributed by atoms with E-state index in [-0.39, 0.29) is 11.9 Å². The predicted molar refractivity (Wildman–Crippen MR) is 77.7 cm³/mol. The monoisotopic (exact) mass is 284 g/mol. The maximum absolute atomic E-state index is 12.5. The first kappa shape index (κ1) is 13.4. The topological polar surface area (TPSA) is 60.5 Å². The molecule has 1 aromatic heterocycles. The number of nitrogens with zero attached hydrogens (tertiary/aromatic N) is 1. The number of amides is 1. The minimum atomic E-state index is -0.192. The molecule has 108 valence electrons. The standard InChI is InChI=1S/C16H16N2O3/c1-10-7-12(15(20-2)8-17-10)16(19)18-13-9-21-14-6-4-3-5-11(13)14/h3-8,13H,9H2,1-2H3,(H,18,19). The van der Waals surface area contributed by atoms with Gasteiger partial charge in [-0.3, -0.25) is 9.78 Å². The number of carbonyl (C=O) groups excluding carboxylic acids is 1. The number of aryl methyl sites for hydroxylation is 1. The van der Waals surface area contributed by atoms with E-state index < -0.39 is 0 Å². The van der Waals surface area contributed by atoms with E-state index >= 15 is 0 Å². The van der Waals surface area contributed by atoms with E-state index in [4.69, 9.17) is 9.47 Å². The number of methoxy groups -OCH3 is 1. The van der Waals surface area contributed by atoms with Gasteiger partial charge in [-0.25, -0.2) is 0 Å². The third-order valence-corrected chi connectivity index (χ3v) is 3.47. The average molecular weight is 284 g/mol. The fourth-order valence-corrected chi connectivity index (χ4v) is 2.41. The molecule has 1 aliphatic heterocycles. The molecular formula is C16H16N2O3. The first-order chi connectivity index (χ1) is 10.2. The van der Waals surface area contributed by atoms with Gasteiger partial charge in [0.25, 0.3) is 5.91 Å². The smallest absolute Gasteiger partial charge is 0.255 e. The highest BCUT2D eigenvalue weighted by molar-refractivity contribution is 5.97. The minimum Gasteiger partial charge on any atom is -0.494 e. The number of rotatable bonds is 3. The third kappa shape index (κ3) is 2.54. The zero-order valence-corrected chi connectivity index (χ0v) is 11.9. The molecule has 2 heterocycles. The Labute approximate surface area is 122 Å². The van der Waals surface area contributed by atoms with Crippen molar-refractivity contribution in [2.45, 2.75) is 13.0 Å². The van der Waals surface area contributed by atoms with Crippen LogP contribution in [0.4, 0.5) is 0 Å². The van der Waals surface area contributed by atoms with E-state index in [0.717, 1.165) is 17.0 Å². The number of pyridine rings is 1. The van der Waals surface area contributed by atoms with Crippen LogP contribution in [0.15, 0.2) is 36.5 Å². The van der Waals surface area contributed by atoms with Crippen LogP contribution in [0.1, 0.15) is 27.7 Å². The number of benzene rings is 1. The third-order valence-electron chi connectivity index (χ3n) is 3.47. The van der Waals surface area contributed by atoms with Crippen molar-refractivity contribution in [3.8, 4) is 11.5 Å². The normalized spacial score (nSPS) is 16.0. The molecular weight excluding hydrogens is 268 g/mol. The molecule has 0 fully saturated rings. The largest absolute Gasteiger partial charge is 0.494 e. The van der Waals surface area contributed by atoms with Crippen LogP contribution in [0.25, 0.3) is 0 Å². The molecule has 0 aliphatic carbocycles. The Hall–Kier alpha value is -2.56. The SMILES string of the molecule is COc1cnc(C)cc1C(=O)NC1COc2ccccc21. The molecule has 1 N–H and O–H groups in total. The van der Waals surface area contributed by atoms with Crippen LogP contribution in [0.2, 0.25) is 0 Å². The van der Waals surface area contributed by atoms with E-state index in [1.807, 2.05) is 31.2 Å². The highest BCUT2D eigenvalue weighted by atomic mass is 16.5. The van der Waals surface area contributed by atoms with Crippen LogP contribution < -0.4 is 14.8 Å². The molecule has 1 atom stereocenters. The lowest BCUT2D eigenvalue weighted by molar-refractivity contribution is 0.0927. The molecule has 0 radical (unpaired) electrons. The second-order valence-electron chi connectivity index (χ2n) is 4.90. The number of hydrogen-bond donors (Lipinski definition) is 1.